The van der Waals surface area contributed by atoms with Crippen LogP contribution in [-0.2, 0) is 6.54 Å². The van der Waals surface area contributed by atoms with E-state index in [1.54, 1.807) is 0 Å². The molecule has 2 rings (SSSR count). The molecule has 0 spiro atoms. The van der Waals surface area contributed by atoms with Gasteiger partial charge in [0.1, 0.15) is 4.88 Å². The van der Waals surface area contributed by atoms with Crippen LogP contribution in [0.25, 0.3) is 0 Å². The van der Waals surface area contributed by atoms with Crippen LogP contribution in [-0.4, -0.2) is 15.5 Å². The maximum atomic E-state index is 12.1. The van der Waals surface area contributed by atoms with Crippen molar-refractivity contribution in [2.75, 3.05) is 5.73 Å². The number of nitrogens with one attached hydrogen (secondary N) is 1. The minimum absolute atomic E-state index is 0.138. The molecule has 0 fully saturated rings. The summed E-state index contributed by atoms with van der Waals surface area (Å²) in [7, 11) is 0. The highest BCUT2D eigenvalue weighted by molar-refractivity contribution is 7.08. The summed E-state index contributed by atoms with van der Waals surface area (Å²) in [4.78, 5) is 12.7. The van der Waals surface area contributed by atoms with Crippen LogP contribution in [0.3, 0.4) is 0 Å². The Morgan fingerprint density at radius 1 is 1.47 bits per heavy atom. The predicted molar refractivity (Wildman–Crippen MR) is 76.0 cm³/mol. The van der Waals surface area contributed by atoms with Gasteiger partial charge < -0.3 is 11.1 Å². The van der Waals surface area contributed by atoms with Crippen molar-refractivity contribution in [3.05, 3.63) is 40.4 Å². The first-order valence-electron chi connectivity index (χ1n) is 6.02. The molecule has 19 heavy (non-hydrogen) atoms. The summed E-state index contributed by atoms with van der Waals surface area (Å²) >= 11 is 1.13. The fraction of sp³-hybridized carbons (Fsp3) is 0.308. The zero-order valence-electron chi connectivity index (χ0n) is 10.9. The molecule has 0 radical (unpaired) electrons. The van der Waals surface area contributed by atoms with Crippen molar-refractivity contribution < 1.29 is 4.79 Å². The molecule has 0 atom stereocenters. The summed E-state index contributed by atoms with van der Waals surface area (Å²) < 4.78 is 3.84. The largest absolute Gasteiger partial charge is 0.399 e. The fourth-order valence-electron chi connectivity index (χ4n) is 1.70. The van der Waals surface area contributed by atoms with Crippen molar-refractivity contribution in [3.63, 3.8) is 0 Å². The topological polar surface area (TPSA) is 80.9 Å². The molecule has 0 aliphatic rings. The third kappa shape index (κ3) is 3.29. The smallest absolute Gasteiger partial charge is 0.265 e. The molecule has 1 heterocycles. The summed E-state index contributed by atoms with van der Waals surface area (Å²) in [5.74, 6) is 0.0491. The number of carbonyl (C=O) groups excluding carboxylic acids is 1. The zero-order valence-corrected chi connectivity index (χ0v) is 11.7. The van der Waals surface area contributed by atoms with Crippen molar-refractivity contribution in [1.82, 2.24) is 14.9 Å². The molecule has 0 bridgehead atoms. The Morgan fingerprint density at radius 3 is 2.95 bits per heavy atom. The molecule has 5 nitrogen and oxygen atoms in total. The quantitative estimate of drug-likeness (QED) is 0.839. The number of hydrogen-bond acceptors (Lipinski definition) is 5. The SMILES string of the molecule is CC(C)c1nnsc1C(=O)NCc1cccc(N)c1. The number of anilines is 1. The van der Waals surface area contributed by atoms with Gasteiger partial charge in [0.05, 0.1) is 5.69 Å². The van der Waals surface area contributed by atoms with E-state index in [9.17, 15) is 4.79 Å². The number of hydrogen-bond donors (Lipinski definition) is 2. The standard InChI is InChI=1S/C13H16N4OS/c1-8(2)11-12(19-17-16-11)13(18)15-7-9-4-3-5-10(14)6-9/h3-6,8H,7,14H2,1-2H3,(H,15,18). The van der Waals surface area contributed by atoms with Crippen LogP contribution in [0, 0.1) is 0 Å². The summed E-state index contributed by atoms with van der Waals surface area (Å²) in [6, 6.07) is 7.44. The van der Waals surface area contributed by atoms with Crippen molar-refractivity contribution in [2.24, 2.45) is 0 Å². The number of nitrogens with two attached hydrogens (primary N) is 1. The first kappa shape index (κ1) is 13.5. The van der Waals surface area contributed by atoms with Gasteiger partial charge >= 0.3 is 0 Å². The highest BCUT2D eigenvalue weighted by Gasteiger charge is 2.18. The molecule has 0 aliphatic carbocycles. The Morgan fingerprint density at radius 2 is 2.26 bits per heavy atom. The number of amides is 1. The Kier molecular flexibility index (Phi) is 4.11. The van der Waals surface area contributed by atoms with Gasteiger partial charge in [-0.25, -0.2) is 0 Å². The first-order valence-corrected chi connectivity index (χ1v) is 6.80. The number of aromatic nitrogens is 2. The molecule has 100 valence electrons. The van der Waals surface area contributed by atoms with E-state index in [1.165, 1.54) is 0 Å². The summed E-state index contributed by atoms with van der Waals surface area (Å²) in [5.41, 5.74) is 8.10. The number of carbonyl (C=O) groups is 1. The number of rotatable bonds is 4. The molecule has 0 unspecified atom stereocenters. The molecule has 0 saturated carbocycles. The van der Waals surface area contributed by atoms with Crippen molar-refractivity contribution >= 4 is 23.1 Å². The third-order valence-electron chi connectivity index (χ3n) is 2.67. The normalized spacial score (nSPS) is 10.7. The van der Waals surface area contributed by atoms with Gasteiger partial charge in [0.25, 0.3) is 5.91 Å². The Balaban J connectivity index is 2.03. The second kappa shape index (κ2) is 5.79. The van der Waals surface area contributed by atoms with Crippen LogP contribution < -0.4 is 11.1 Å². The van der Waals surface area contributed by atoms with Crippen LogP contribution >= 0.6 is 11.5 Å². The van der Waals surface area contributed by atoms with E-state index >= 15 is 0 Å². The van der Waals surface area contributed by atoms with E-state index in [0.29, 0.717) is 17.1 Å². The Labute approximate surface area is 116 Å². The molecule has 1 amide bonds. The van der Waals surface area contributed by atoms with E-state index in [4.69, 9.17) is 5.73 Å². The monoisotopic (exact) mass is 276 g/mol. The predicted octanol–water partition coefficient (Wildman–Crippen LogP) is 2.17. The Bertz CT molecular complexity index is 580. The average Bonchev–Trinajstić information content (AvgIpc) is 2.85. The highest BCUT2D eigenvalue weighted by atomic mass is 32.1. The lowest BCUT2D eigenvalue weighted by atomic mass is 10.1. The second-order valence-corrected chi connectivity index (χ2v) is 5.32. The molecule has 2 aromatic rings. The molecular weight excluding hydrogens is 260 g/mol. The summed E-state index contributed by atoms with van der Waals surface area (Å²) in [6.07, 6.45) is 0. The number of nitrogens with zero attached hydrogens (tertiary/aromatic N) is 2. The van der Waals surface area contributed by atoms with Gasteiger partial charge in [0.15, 0.2) is 0 Å². The number of nitrogen functional groups attached to an aromatic ring is 1. The third-order valence-corrected chi connectivity index (χ3v) is 3.41. The van der Waals surface area contributed by atoms with E-state index in [0.717, 1.165) is 22.8 Å². The van der Waals surface area contributed by atoms with Gasteiger partial charge in [-0.15, -0.1) is 5.10 Å². The minimum atomic E-state index is -0.138. The minimum Gasteiger partial charge on any atom is -0.399 e. The van der Waals surface area contributed by atoms with Gasteiger partial charge in [0, 0.05) is 12.2 Å². The van der Waals surface area contributed by atoms with Crippen molar-refractivity contribution in [3.8, 4) is 0 Å². The average molecular weight is 276 g/mol. The molecule has 3 N–H and O–H groups in total. The van der Waals surface area contributed by atoms with E-state index in [-0.39, 0.29) is 11.8 Å². The zero-order chi connectivity index (χ0) is 13.8. The fourth-order valence-corrected chi connectivity index (χ4v) is 2.43. The van der Waals surface area contributed by atoms with Crippen LogP contribution in [0.15, 0.2) is 24.3 Å². The number of benzene rings is 1. The lowest BCUT2D eigenvalue weighted by molar-refractivity contribution is 0.0953. The molecular formula is C13H16N4OS. The molecule has 1 aromatic heterocycles. The van der Waals surface area contributed by atoms with Crippen LogP contribution in [0.1, 0.15) is 40.7 Å². The van der Waals surface area contributed by atoms with Crippen molar-refractivity contribution in [2.45, 2.75) is 26.3 Å². The molecule has 0 saturated heterocycles. The van der Waals surface area contributed by atoms with Gasteiger partial charge in [-0.2, -0.15) is 0 Å². The molecule has 1 aromatic carbocycles. The van der Waals surface area contributed by atoms with Gasteiger partial charge in [-0.1, -0.05) is 30.5 Å². The summed E-state index contributed by atoms with van der Waals surface area (Å²) in [5, 5.41) is 6.85. The van der Waals surface area contributed by atoms with E-state index < -0.39 is 0 Å². The van der Waals surface area contributed by atoms with E-state index in [2.05, 4.69) is 14.9 Å². The second-order valence-electron chi connectivity index (χ2n) is 4.57. The van der Waals surface area contributed by atoms with Crippen LogP contribution in [0.5, 0.6) is 0 Å². The van der Waals surface area contributed by atoms with Crippen LogP contribution in [0.2, 0.25) is 0 Å². The molecule has 6 heteroatoms. The van der Waals surface area contributed by atoms with Gasteiger partial charge in [-0.3, -0.25) is 4.79 Å². The highest BCUT2D eigenvalue weighted by Crippen LogP contribution is 2.19. The lowest BCUT2D eigenvalue weighted by Crippen LogP contribution is -2.23. The lowest BCUT2D eigenvalue weighted by Gasteiger charge is -2.06. The maximum absolute atomic E-state index is 12.1. The Hall–Kier alpha value is -1.95. The van der Waals surface area contributed by atoms with Gasteiger partial charge in [-0.05, 0) is 35.1 Å². The van der Waals surface area contributed by atoms with Crippen molar-refractivity contribution in [1.29, 1.82) is 0 Å². The van der Waals surface area contributed by atoms with Gasteiger partial charge in [0.2, 0.25) is 0 Å². The molecule has 0 aliphatic heterocycles. The van der Waals surface area contributed by atoms with Crippen LogP contribution in [0.4, 0.5) is 5.69 Å². The van der Waals surface area contributed by atoms with E-state index in [1.807, 2.05) is 38.1 Å². The maximum Gasteiger partial charge on any atom is 0.265 e. The summed E-state index contributed by atoms with van der Waals surface area (Å²) in [6.45, 7) is 4.43. The first-order chi connectivity index (χ1) is 9.08.